The maximum Gasteiger partial charge on any atom is 0.232 e. The first kappa shape index (κ1) is 22.2. The molecule has 30 heavy (non-hydrogen) atoms. The molecule has 1 amide bonds. The van der Waals surface area contributed by atoms with Crippen LogP contribution in [0.1, 0.15) is 30.4 Å². The van der Waals surface area contributed by atoms with Gasteiger partial charge in [0.25, 0.3) is 0 Å². The van der Waals surface area contributed by atoms with Crippen molar-refractivity contribution in [1.29, 1.82) is 0 Å². The zero-order chi connectivity index (χ0) is 21.6. The third kappa shape index (κ3) is 5.75. The Bertz CT molecular complexity index is 975. The van der Waals surface area contributed by atoms with E-state index in [4.69, 9.17) is 0 Å². The Morgan fingerprint density at radius 3 is 2.60 bits per heavy atom. The molecule has 0 atom stereocenters. The van der Waals surface area contributed by atoms with Crippen LogP contribution in [0.4, 0.5) is 11.4 Å². The molecule has 6 nitrogen and oxygen atoms in total. The summed E-state index contributed by atoms with van der Waals surface area (Å²) in [6, 6.07) is 15.9. The average molecular weight is 430 g/mol. The molecule has 3 rings (SSSR count). The molecule has 0 radical (unpaired) electrons. The second-order valence-electron chi connectivity index (χ2n) is 7.79. The van der Waals surface area contributed by atoms with Gasteiger partial charge in [0, 0.05) is 38.3 Å². The van der Waals surface area contributed by atoms with Gasteiger partial charge < -0.3 is 10.2 Å². The first-order valence-corrected chi connectivity index (χ1v) is 12.3. The van der Waals surface area contributed by atoms with Gasteiger partial charge >= 0.3 is 0 Å². The Morgan fingerprint density at radius 1 is 1.10 bits per heavy atom. The highest BCUT2D eigenvalue weighted by Crippen LogP contribution is 2.27. The minimum Gasteiger partial charge on any atom is -0.371 e. The fourth-order valence-corrected chi connectivity index (χ4v) is 4.94. The molecule has 162 valence electrons. The summed E-state index contributed by atoms with van der Waals surface area (Å²) in [6.45, 7) is 4.77. The first-order valence-electron chi connectivity index (χ1n) is 10.5. The number of hydrogen-bond acceptors (Lipinski definition) is 4. The molecule has 1 aliphatic rings. The van der Waals surface area contributed by atoms with Crippen molar-refractivity contribution in [2.45, 2.75) is 32.6 Å². The Balaban J connectivity index is 1.40. The summed E-state index contributed by atoms with van der Waals surface area (Å²) in [7, 11) is -3.40. The van der Waals surface area contributed by atoms with Gasteiger partial charge in [-0.05, 0) is 49.4 Å². The van der Waals surface area contributed by atoms with E-state index in [1.165, 1.54) is 21.8 Å². The fraction of sp³-hybridized carbons (Fsp3) is 0.435. The quantitative estimate of drug-likeness (QED) is 0.589. The van der Waals surface area contributed by atoms with Crippen LogP contribution in [0.5, 0.6) is 0 Å². The van der Waals surface area contributed by atoms with Crippen LogP contribution >= 0.6 is 0 Å². The Hall–Kier alpha value is -2.54. The molecule has 7 heteroatoms. The van der Waals surface area contributed by atoms with E-state index in [0.29, 0.717) is 31.6 Å². The second-order valence-corrected chi connectivity index (χ2v) is 9.70. The van der Waals surface area contributed by atoms with Gasteiger partial charge in [-0.3, -0.25) is 9.10 Å². The number of aryl methyl sites for hydroxylation is 1. The largest absolute Gasteiger partial charge is 0.371 e. The van der Waals surface area contributed by atoms with Crippen LogP contribution in [0, 0.1) is 6.92 Å². The summed E-state index contributed by atoms with van der Waals surface area (Å²) < 4.78 is 25.8. The monoisotopic (exact) mass is 429 g/mol. The number of para-hydroxylation sites is 2. The van der Waals surface area contributed by atoms with Crippen LogP contribution in [0.2, 0.25) is 0 Å². The standard InChI is InChI=1S/C23H31N3O3S/c1-19-9-3-5-11-21(19)26(30(2,28)29)17-7-13-23(27)24-15-8-16-25-18-14-20-10-4-6-12-22(20)25/h3-6,9-12H,7-8,13-18H2,1-2H3,(H,24,27). The molecule has 0 unspecified atom stereocenters. The molecule has 0 aromatic heterocycles. The van der Waals surface area contributed by atoms with E-state index in [2.05, 4.69) is 34.5 Å². The Kier molecular flexibility index (Phi) is 7.37. The number of fused-ring (bicyclic) bond motifs is 1. The molecule has 0 spiro atoms. The predicted octanol–water partition coefficient (Wildman–Crippen LogP) is 3.11. The van der Waals surface area contributed by atoms with Crippen LogP contribution in [0.25, 0.3) is 0 Å². The van der Waals surface area contributed by atoms with Crippen molar-refractivity contribution in [3.63, 3.8) is 0 Å². The number of nitrogens with one attached hydrogen (secondary N) is 1. The SMILES string of the molecule is Cc1ccccc1N(CCCC(=O)NCCCN1CCc2ccccc21)S(C)(=O)=O. The maximum atomic E-state index is 12.2. The van der Waals surface area contributed by atoms with E-state index in [-0.39, 0.29) is 5.91 Å². The molecule has 0 bridgehead atoms. The Morgan fingerprint density at radius 2 is 1.83 bits per heavy atom. The van der Waals surface area contributed by atoms with Crippen molar-refractivity contribution in [3.05, 3.63) is 59.7 Å². The molecule has 0 aliphatic carbocycles. The van der Waals surface area contributed by atoms with Crippen molar-refractivity contribution in [1.82, 2.24) is 5.32 Å². The number of carbonyl (C=O) groups excluding carboxylic acids is 1. The highest BCUT2D eigenvalue weighted by atomic mass is 32.2. The molecule has 0 fully saturated rings. The summed E-state index contributed by atoms with van der Waals surface area (Å²) >= 11 is 0. The average Bonchev–Trinajstić information content (AvgIpc) is 3.12. The lowest BCUT2D eigenvalue weighted by Gasteiger charge is -2.24. The number of hydrogen-bond donors (Lipinski definition) is 1. The lowest BCUT2D eigenvalue weighted by atomic mass is 10.2. The topological polar surface area (TPSA) is 69.7 Å². The summed E-state index contributed by atoms with van der Waals surface area (Å²) in [6.07, 6.45) is 3.96. The minimum atomic E-state index is -3.40. The van der Waals surface area contributed by atoms with E-state index < -0.39 is 10.0 Å². The van der Waals surface area contributed by atoms with Crippen molar-refractivity contribution < 1.29 is 13.2 Å². The minimum absolute atomic E-state index is 0.0324. The van der Waals surface area contributed by atoms with Crippen LogP contribution in [0.15, 0.2) is 48.5 Å². The number of sulfonamides is 1. The molecule has 2 aromatic carbocycles. The molecule has 0 saturated carbocycles. The summed E-state index contributed by atoms with van der Waals surface area (Å²) in [5, 5.41) is 2.96. The van der Waals surface area contributed by atoms with Gasteiger partial charge in [0.2, 0.25) is 15.9 Å². The van der Waals surface area contributed by atoms with E-state index in [1.54, 1.807) is 6.07 Å². The summed E-state index contributed by atoms with van der Waals surface area (Å²) in [5.41, 5.74) is 4.27. The normalized spacial score (nSPS) is 13.2. The van der Waals surface area contributed by atoms with E-state index in [1.807, 2.05) is 25.1 Å². The van der Waals surface area contributed by atoms with Crippen LogP contribution in [0.3, 0.4) is 0 Å². The van der Waals surface area contributed by atoms with E-state index >= 15 is 0 Å². The zero-order valence-corrected chi connectivity index (χ0v) is 18.6. The number of benzene rings is 2. The molecule has 1 aliphatic heterocycles. The van der Waals surface area contributed by atoms with Crippen molar-refractivity contribution in [2.24, 2.45) is 0 Å². The number of nitrogens with zero attached hydrogens (tertiary/aromatic N) is 2. The number of carbonyl (C=O) groups is 1. The van der Waals surface area contributed by atoms with E-state index in [9.17, 15) is 13.2 Å². The van der Waals surface area contributed by atoms with Gasteiger partial charge in [0.15, 0.2) is 0 Å². The summed E-state index contributed by atoms with van der Waals surface area (Å²) in [5.74, 6) is -0.0324. The fourth-order valence-electron chi connectivity index (χ4n) is 3.92. The van der Waals surface area contributed by atoms with Gasteiger partial charge in [-0.15, -0.1) is 0 Å². The van der Waals surface area contributed by atoms with Crippen molar-refractivity contribution in [3.8, 4) is 0 Å². The number of rotatable bonds is 10. The predicted molar refractivity (Wildman–Crippen MR) is 123 cm³/mol. The maximum absolute atomic E-state index is 12.2. The van der Waals surface area contributed by atoms with Crippen LogP contribution in [-0.4, -0.2) is 46.8 Å². The van der Waals surface area contributed by atoms with Crippen LogP contribution < -0.4 is 14.5 Å². The lowest BCUT2D eigenvalue weighted by Crippen LogP contribution is -2.33. The highest BCUT2D eigenvalue weighted by molar-refractivity contribution is 7.92. The molecular weight excluding hydrogens is 398 g/mol. The number of anilines is 2. The summed E-state index contributed by atoms with van der Waals surface area (Å²) in [4.78, 5) is 14.5. The molecule has 1 N–H and O–H groups in total. The van der Waals surface area contributed by atoms with Gasteiger partial charge in [-0.1, -0.05) is 36.4 Å². The third-order valence-electron chi connectivity index (χ3n) is 5.46. The smallest absolute Gasteiger partial charge is 0.232 e. The second kappa shape index (κ2) is 9.98. The van der Waals surface area contributed by atoms with Crippen molar-refractivity contribution >= 4 is 27.3 Å². The lowest BCUT2D eigenvalue weighted by molar-refractivity contribution is -0.121. The van der Waals surface area contributed by atoms with Gasteiger partial charge in [-0.2, -0.15) is 0 Å². The van der Waals surface area contributed by atoms with Crippen molar-refractivity contribution in [2.75, 3.05) is 41.6 Å². The highest BCUT2D eigenvalue weighted by Gasteiger charge is 2.19. The molecule has 2 aromatic rings. The van der Waals surface area contributed by atoms with Gasteiger partial charge in [-0.25, -0.2) is 8.42 Å². The zero-order valence-electron chi connectivity index (χ0n) is 17.8. The van der Waals surface area contributed by atoms with E-state index in [0.717, 1.165) is 31.5 Å². The first-order chi connectivity index (χ1) is 14.4. The third-order valence-corrected chi connectivity index (χ3v) is 6.64. The van der Waals surface area contributed by atoms with Gasteiger partial charge in [0.1, 0.15) is 0 Å². The number of amides is 1. The van der Waals surface area contributed by atoms with Gasteiger partial charge in [0.05, 0.1) is 11.9 Å². The van der Waals surface area contributed by atoms with Crippen LogP contribution in [-0.2, 0) is 21.2 Å². The molecule has 0 saturated heterocycles. The Labute approximate surface area is 179 Å². The molecule has 1 heterocycles. The molecular formula is C23H31N3O3S.